The molecule has 10 heteroatoms. The predicted octanol–water partition coefficient (Wildman–Crippen LogP) is 2.64. The van der Waals surface area contributed by atoms with E-state index in [0.29, 0.717) is 37.4 Å². The Labute approximate surface area is 181 Å². The van der Waals surface area contributed by atoms with E-state index < -0.39 is 0 Å². The van der Waals surface area contributed by atoms with Crippen LogP contribution in [0.1, 0.15) is 28.2 Å². The second kappa shape index (κ2) is 9.59. The summed E-state index contributed by atoms with van der Waals surface area (Å²) in [5.41, 5.74) is 2.31. The lowest BCUT2D eigenvalue weighted by Crippen LogP contribution is -2.35. The van der Waals surface area contributed by atoms with Crippen LogP contribution in [0, 0.1) is 0 Å². The second-order valence-corrected chi connectivity index (χ2v) is 8.21. The van der Waals surface area contributed by atoms with Crippen molar-refractivity contribution >= 4 is 39.5 Å². The number of carbonyl (C=O) groups is 2. The zero-order valence-corrected chi connectivity index (χ0v) is 17.7. The molecule has 2 amide bonds. The van der Waals surface area contributed by atoms with E-state index in [1.54, 1.807) is 27.2 Å². The van der Waals surface area contributed by atoms with Crippen molar-refractivity contribution < 1.29 is 9.59 Å². The Kier molecular flexibility index (Phi) is 6.45. The van der Waals surface area contributed by atoms with Gasteiger partial charge < -0.3 is 10.2 Å². The number of imidazole rings is 1. The molecule has 0 saturated carbocycles. The van der Waals surface area contributed by atoms with Crippen molar-refractivity contribution in [3.05, 3.63) is 70.6 Å². The zero-order chi connectivity index (χ0) is 20.8. The van der Waals surface area contributed by atoms with Crippen LogP contribution in [0.2, 0.25) is 0 Å². The molecular formula is C20H20N6O2S2. The highest BCUT2D eigenvalue weighted by atomic mass is 32.1. The predicted molar refractivity (Wildman–Crippen MR) is 115 cm³/mol. The Morgan fingerprint density at radius 1 is 1.17 bits per heavy atom. The summed E-state index contributed by atoms with van der Waals surface area (Å²) >= 11 is 2.71. The van der Waals surface area contributed by atoms with Gasteiger partial charge in [-0.1, -0.05) is 34.8 Å². The number of amides is 2. The maximum absolute atomic E-state index is 12.8. The summed E-state index contributed by atoms with van der Waals surface area (Å²) in [5, 5.41) is 10.5. The van der Waals surface area contributed by atoms with E-state index in [1.807, 2.05) is 35.7 Å². The van der Waals surface area contributed by atoms with Gasteiger partial charge in [0.05, 0.1) is 18.3 Å². The molecule has 0 aliphatic carbocycles. The Hall–Kier alpha value is -3.11. The van der Waals surface area contributed by atoms with Crippen LogP contribution in [0.3, 0.4) is 0 Å². The number of nitrogens with one attached hydrogen (secondary N) is 1. The Morgan fingerprint density at radius 3 is 2.83 bits per heavy atom. The van der Waals surface area contributed by atoms with Crippen molar-refractivity contribution in [2.45, 2.75) is 19.4 Å². The van der Waals surface area contributed by atoms with Crippen LogP contribution in [0.5, 0.6) is 0 Å². The number of carbonyl (C=O) groups excluding carboxylic acids is 2. The molecule has 0 aliphatic rings. The number of thiazole rings is 1. The maximum atomic E-state index is 12.8. The fraction of sp³-hybridized carbons (Fsp3) is 0.250. The van der Waals surface area contributed by atoms with Gasteiger partial charge in [-0.3, -0.25) is 14.0 Å². The van der Waals surface area contributed by atoms with Gasteiger partial charge in [-0.2, -0.15) is 0 Å². The molecule has 0 radical (unpaired) electrons. The summed E-state index contributed by atoms with van der Waals surface area (Å²) < 4.78 is 5.59. The van der Waals surface area contributed by atoms with Crippen LogP contribution in [-0.2, 0) is 17.8 Å². The van der Waals surface area contributed by atoms with E-state index in [-0.39, 0.29) is 18.2 Å². The van der Waals surface area contributed by atoms with Crippen LogP contribution in [0.4, 0.5) is 0 Å². The molecule has 30 heavy (non-hydrogen) atoms. The molecule has 0 atom stereocenters. The summed E-state index contributed by atoms with van der Waals surface area (Å²) in [6, 6.07) is 9.87. The minimum absolute atomic E-state index is 0.00385. The van der Waals surface area contributed by atoms with Crippen LogP contribution in [0.25, 0.3) is 4.83 Å². The maximum Gasteiger partial charge on any atom is 0.269 e. The minimum atomic E-state index is -0.145. The van der Waals surface area contributed by atoms with E-state index in [1.165, 1.54) is 22.9 Å². The van der Waals surface area contributed by atoms with E-state index in [4.69, 9.17) is 0 Å². The molecule has 0 unspecified atom stereocenters. The Morgan fingerprint density at radius 2 is 2.03 bits per heavy atom. The standard InChI is InChI=1S/C20H20N6O2S2/c27-18(9-16-12-30-24-23-16)25(11-15-5-2-1-3-6-15)8-4-7-22-20(28)17-13-29-19-10-21-14-26(17)19/h1-3,5-6,10,12-14H,4,7-9,11H2,(H,22,28). The summed E-state index contributed by atoms with van der Waals surface area (Å²) in [5.74, 6) is -0.149. The Balaban J connectivity index is 1.33. The van der Waals surface area contributed by atoms with Crippen molar-refractivity contribution in [3.63, 3.8) is 0 Å². The van der Waals surface area contributed by atoms with E-state index in [2.05, 4.69) is 19.9 Å². The molecule has 4 rings (SSSR count). The number of rotatable bonds is 9. The Bertz CT molecular complexity index is 1110. The van der Waals surface area contributed by atoms with Gasteiger partial charge in [0.15, 0.2) is 0 Å². The van der Waals surface area contributed by atoms with Crippen molar-refractivity contribution in [1.82, 2.24) is 29.2 Å². The summed E-state index contributed by atoms with van der Waals surface area (Å²) in [6.45, 7) is 1.53. The van der Waals surface area contributed by atoms with Crippen molar-refractivity contribution in [1.29, 1.82) is 0 Å². The van der Waals surface area contributed by atoms with Gasteiger partial charge in [-0.25, -0.2) is 4.98 Å². The first-order valence-corrected chi connectivity index (χ1v) is 11.2. The van der Waals surface area contributed by atoms with Gasteiger partial charge in [0.2, 0.25) is 5.91 Å². The third-order valence-electron chi connectivity index (χ3n) is 4.58. The summed E-state index contributed by atoms with van der Waals surface area (Å²) in [6.07, 6.45) is 4.24. The van der Waals surface area contributed by atoms with E-state index >= 15 is 0 Å². The van der Waals surface area contributed by atoms with Gasteiger partial charge in [0.1, 0.15) is 16.9 Å². The first-order chi connectivity index (χ1) is 14.7. The van der Waals surface area contributed by atoms with Crippen molar-refractivity contribution in [3.8, 4) is 0 Å². The molecule has 3 aromatic heterocycles. The summed E-state index contributed by atoms with van der Waals surface area (Å²) in [4.78, 5) is 32.1. The van der Waals surface area contributed by atoms with Crippen molar-refractivity contribution in [2.75, 3.05) is 13.1 Å². The molecular weight excluding hydrogens is 420 g/mol. The third-order valence-corrected chi connectivity index (χ3v) is 6.02. The highest BCUT2D eigenvalue weighted by Gasteiger charge is 2.17. The van der Waals surface area contributed by atoms with Crippen LogP contribution < -0.4 is 5.32 Å². The minimum Gasteiger partial charge on any atom is -0.351 e. The SMILES string of the molecule is O=C(NCCCN(Cc1ccccc1)C(=O)Cc1csnn1)c1csc2cncn12. The molecule has 0 bridgehead atoms. The fourth-order valence-electron chi connectivity index (χ4n) is 3.07. The fourth-order valence-corrected chi connectivity index (χ4v) is 4.36. The van der Waals surface area contributed by atoms with E-state index in [0.717, 1.165) is 10.4 Å². The molecule has 0 spiro atoms. The topological polar surface area (TPSA) is 92.5 Å². The monoisotopic (exact) mass is 440 g/mol. The van der Waals surface area contributed by atoms with Crippen LogP contribution in [0.15, 0.2) is 53.6 Å². The average molecular weight is 441 g/mol. The lowest BCUT2D eigenvalue weighted by molar-refractivity contribution is -0.131. The first kappa shape index (κ1) is 20.2. The lowest BCUT2D eigenvalue weighted by atomic mass is 10.2. The molecule has 0 aliphatic heterocycles. The largest absolute Gasteiger partial charge is 0.351 e. The summed E-state index contributed by atoms with van der Waals surface area (Å²) in [7, 11) is 0. The van der Waals surface area contributed by atoms with E-state index in [9.17, 15) is 9.59 Å². The van der Waals surface area contributed by atoms with Gasteiger partial charge in [-0.15, -0.1) is 16.4 Å². The second-order valence-electron chi connectivity index (χ2n) is 6.71. The highest BCUT2D eigenvalue weighted by Crippen LogP contribution is 2.15. The lowest BCUT2D eigenvalue weighted by Gasteiger charge is -2.23. The number of nitrogens with zero attached hydrogens (tertiary/aromatic N) is 5. The normalized spacial score (nSPS) is 10.9. The molecule has 4 aromatic rings. The number of hydrogen-bond acceptors (Lipinski definition) is 7. The van der Waals surface area contributed by atoms with Gasteiger partial charge in [-0.05, 0) is 23.5 Å². The van der Waals surface area contributed by atoms with Crippen LogP contribution in [-0.4, -0.2) is 48.8 Å². The van der Waals surface area contributed by atoms with Crippen LogP contribution >= 0.6 is 22.9 Å². The van der Waals surface area contributed by atoms with Gasteiger partial charge >= 0.3 is 0 Å². The molecule has 1 N–H and O–H groups in total. The smallest absolute Gasteiger partial charge is 0.269 e. The molecule has 8 nitrogen and oxygen atoms in total. The number of hydrogen-bond donors (Lipinski definition) is 1. The number of aromatic nitrogens is 4. The molecule has 1 aromatic carbocycles. The molecule has 0 saturated heterocycles. The van der Waals surface area contributed by atoms with Crippen molar-refractivity contribution in [2.24, 2.45) is 0 Å². The first-order valence-electron chi connectivity index (χ1n) is 9.46. The number of fused-ring (bicyclic) bond motifs is 1. The average Bonchev–Trinajstić information content (AvgIpc) is 3.49. The highest BCUT2D eigenvalue weighted by molar-refractivity contribution is 7.15. The number of benzene rings is 1. The molecule has 3 heterocycles. The quantitative estimate of drug-likeness (QED) is 0.404. The third kappa shape index (κ3) is 4.89. The van der Waals surface area contributed by atoms with Gasteiger partial charge in [0.25, 0.3) is 5.91 Å². The zero-order valence-electron chi connectivity index (χ0n) is 16.1. The molecule has 154 valence electrons. The van der Waals surface area contributed by atoms with Gasteiger partial charge in [0, 0.05) is 30.4 Å². The molecule has 0 fully saturated rings.